The van der Waals surface area contributed by atoms with Crippen molar-refractivity contribution in [1.29, 1.82) is 0 Å². The van der Waals surface area contributed by atoms with E-state index in [9.17, 15) is 13.2 Å². The number of hydroxylamine groups is 1. The normalized spacial score (nSPS) is 25.8. The van der Waals surface area contributed by atoms with E-state index >= 15 is 0 Å². The van der Waals surface area contributed by atoms with Crippen LogP contribution < -0.4 is 0 Å². The molecule has 10 nitrogen and oxygen atoms in total. The fourth-order valence-electron chi connectivity index (χ4n) is 5.48. The molecule has 3 aromatic rings. The maximum atomic E-state index is 13.5. The lowest BCUT2D eigenvalue weighted by Gasteiger charge is -2.35. The second kappa shape index (κ2) is 9.73. The van der Waals surface area contributed by atoms with Crippen molar-refractivity contribution in [1.82, 2.24) is 24.5 Å². The van der Waals surface area contributed by atoms with E-state index in [2.05, 4.69) is 9.97 Å². The number of piperidine rings is 1. The lowest BCUT2D eigenvalue weighted by atomic mass is 10.1. The molecule has 3 unspecified atom stereocenters. The maximum Gasteiger partial charge on any atom is 0.295 e. The minimum absolute atomic E-state index is 0.0958. The largest absolute Gasteiger partial charge is 0.350 e. The smallest absolute Gasteiger partial charge is 0.295 e. The van der Waals surface area contributed by atoms with Crippen LogP contribution in [0.4, 0.5) is 0 Å². The van der Waals surface area contributed by atoms with Gasteiger partial charge in [0, 0.05) is 51.6 Å². The maximum absolute atomic E-state index is 13.5. The molecule has 0 bridgehead atoms. The molecular weight excluding hydrogens is 494 g/mol. The summed E-state index contributed by atoms with van der Waals surface area (Å²) in [6.45, 7) is 1.59. The molecule has 6 rings (SSSR count). The fraction of sp³-hybridized carbons (Fsp3) is 0.423. The van der Waals surface area contributed by atoms with E-state index in [1.54, 1.807) is 19.2 Å². The summed E-state index contributed by atoms with van der Waals surface area (Å²) >= 11 is 0. The number of fused-ring (bicyclic) bond motifs is 2. The van der Waals surface area contributed by atoms with Gasteiger partial charge in [0.05, 0.1) is 10.5 Å². The molecule has 1 amide bonds. The molecule has 0 spiro atoms. The Morgan fingerprint density at radius 2 is 1.78 bits per heavy atom. The van der Waals surface area contributed by atoms with Crippen LogP contribution in [0.2, 0.25) is 0 Å². The number of ether oxygens (including phenoxy) is 1. The van der Waals surface area contributed by atoms with Gasteiger partial charge in [0.25, 0.3) is 5.91 Å². The highest BCUT2D eigenvalue weighted by atomic mass is 32.2. The average Bonchev–Trinajstić information content (AvgIpc) is 3.43. The van der Waals surface area contributed by atoms with Gasteiger partial charge in [0.1, 0.15) is 6.33 Å². The van der Waals surface area contributed by atoms with Crippen molar-refractivity contribution in [2.45, 2.75) is 36.5 Å². The van der Waals surface area contributed by atoms with Gasteiger partial charge in [-0.3, -0.25) is 4.79 Å². The first-order chi connectivity index (χ1) is 17.9. The van der Waals surface area contributed by atoms with Crippen LogP contribution in [0.1, 0.15) is 29.6 Å². The van der Waals surface area contributed by atoms with E-state index in [-0.39, 0.29) is 28.7 Å². The van der Waals surface area contributed by atoms with E-state index in [1.165, 1.54) is 28.2 Å². The van der Waals surface area contributed by atoms with Crippen molar-refractivity contribution >= 4 is 26.7 Å². The number of hydrogen-bond acceptors (Lipinski definition) is 8. The first kappa shape index (κ1) is 24.4. The first-order valence-corrected chi connectivity index (χ1v) is 14.0. The lowest BCUT2D eigenvalue weighted by molar-refractivity contribution is -0.330. The van der Waals surface area contributed by atoms with Crippen LogP contribution in [0, 0.1) is 11.8 Å². The van der Waals surface area contributed by atoms with Crippen LogP contribution in [0.3, 0.4) is 0 Å². The van der Waals surface area contributed by atoms with Gasteiger partial charge < -0.3 is 4.74 Å². The quantitative estimate of drug-likeness (QED) is 0.436. The predicted molar refractivity (Wildman–Crippen MR) is 134 cm³/mol. The molecule has 2 saturated heterocycles. The van der Waals surface area contributed by atoms with Crippen LogP contribution in [-0.2, 0) is 19.6 Å². The Morgan fingerprint density at radius 1 is 1.05 bits per heavy atom. The number of rotatable bonds is 7. The van der Waals surface area contributed by atoms with Gasteiger partial charge >= 0.3 is 0 Å². The van der Waals surface area contributed by atoms with Gasteiger partial charge in [0.15, 0.2) is 6.29 Å². The van der Waals surface area contributed by atoms with Gasteiger partial charge in [-0.05, 0) is 47.6 Å². The molecule has 3 heterocycles. The Kier molecular flexibility index (Phi) is 6.41. The Morgan fingerprint density at radius 3 is 2.49 bits per heavy atom. The summed E-state index contributed by atoms with van der Waals surface area (Å²) in [7, 11) is -2.02. The zero-order chi connectivity index (χ0) is 25.6. The molecule has 3 atom stereocenters. The molecular formula is C26H29N5O5S. The highest BCUT2D eigenvalue weighted by molar-refractivity contribution is 7.89. The first-order valence-electron chi connectivity index (χ1n) is 12.5. The number of carbonyl (C=O) groups excluding carboxylic acids is 1. The number of hydrazine groups is 1. The van der Waals surface area contributed by atoms with Crippen molar-refractivity contribution in [2.24, 2.45) is 11.8 Å². The lowest BCUT2D eigenvalue weighted by Crippen LogP contribution is -2.50. The van der Waals surface area contributed by atoms with Gasteiger partial charge in [0.2, 0.25) is 10.0 Å². The number of carbonyl (C=O) groups is 1. The van der Waals surface area contributed by atoms with E-state index in [1.807, 2.05) is 35.3 Å². The Labute approximate surface area is 215 Å². The molecule has 194 valence electrons. The van der Waals surface area contributed by atoms with Crippen LogP contribution in [0.15, 0.2) is 66.1 Å². The highest BCUT2D eigenvalue weighted by Crippen LogP contribution is 2.50. The number of sulfonamides is 1. The molecule has 1 aromatic heterocycles. The number of aromatic nitrogens is 2. The van der Waals surface area contributed by atoms with E-state index < -0.39 is 16.3 Å². The van der Waals surface area contributed by atoms with Crippen LogP contribution in [0.5, 0.6) is 0 Å². The number of hydrogen-bond donors (Lipinski definition) is 0. The standard InChI is InChI=1S/C26H29N5O5S/c1-29(37(33,34)21-10-9-18-6-2-3-7-19(18)12-21)25-22-15-30(16-23(22)25)31(36-24-8-4-5-11-35-24)26(32)20-13-27-17-28-14-20/h2-3,6-7,9-10,12-14,17,22-25H,4-5,8,11,15-16H2,1H3. The minimum Gasteiger partial charge on any atom is -0.350 e. The molecule has 1 aliphatic carbocycles. The van der Waals surface area contributed by atoms with Crippen molar-refractivity contribution in [3.05, 3.63) is 66.7 Å². The molecule has 1 saturated carbocycles. The third kappa shape index (κ3) is 4.62. The zero-order valence-electron chi connectivity index (χ0n) is 20.5. The molecule has 2 aliphatic heterocycles. The summed E-state index contributed by atoms with van der Waals surface area (Å²) in [5, 5.41) is 5.00. The molecule has 0 radical (unpaired) electrons. The summed E-state index contributed by atoms with van der Waals surface area (Å²) in [4.78, 5) is 27.5. The summed E-state index contributed by atoms with van der Waals surface area (Å²) in [5.41, 5.74) is 0.312. The topological polar surface area (TPSA) is 105 Å². The summed E-state index contributed by atoms with van der Waals surface area (Å²) in [6, 6.07) is 12.8. The van der Waals surface area contributed by atoms with E-state index in [4.69, 9.17) is 9.57 Å². The zero-order valence-corrected chi connectivity index (χ0v) is 21.3. The predicted octanol–water partition coefficient (Wildman–Crippen LogP) is 2.70. The fourth-order valence-corrected chi connectivity index (χ4v) is 6.96. The van der Waals surface area contributed by atoms with Crippen molar-refractivity contribution < 1.29 is 22.8 Å². The van der Waals surface area contributed by atoms with Crippen LogP contribution in [-0.4, -0.2) is 77.9 Å². The van der Waals surface area contributed by atoms with Crippen LogP contribution in [0.25, 0.3) is 10.8 Å². The monoisotopic (exact) mass is 523 g/mol. The second-order valence-electron chi connectivity index (χ2n) is 9.83. The van der Waals surface area contributed by atoms with Gasteiger partial charge in [-0.1, -0.05) is 30.3 Å². The van der Waals surface area contributed by atoms with Crippen LogP contribution >= 0.6 is 0 Å². The number of amides is 1. The third-order valence-corrected chi connectivity index (χ3v) is 9.39. The summed E-state index contributed by atoms with van der Waals surface area (Å²) in [5.74, 6) is -0.179. The van der Waals surface area contributed by atoms with Gasteiger partial charge in [-0.2, -0.15) is 9.31 Å². The summed E-state index contributed by atoms with van der Waals surface area (Å²) in [6.07, 6.45) is 6.40. The molecule has 37 heavy (non-hydrogen) atoms. The SMILES string of the molecule is CN(C1C2CN(N(OC3CCCCO3)C(=O)c3cncnc3)CC21)S(=O)(=O)c1ccc2ccccc2c1. The molecule has 3 fully saturated rings. The number of nitrogens with zero attached hydrogens (tertiary/aromatic N) is 5. The minimum atomic E-state index is -3.66. The van der Waals surface area contributed by atoms with Gasteiger partial charge in [-0.15, -0.1) is 5.17 Å². The van der Waals surface area contributed by atoms with E-state index in [0.717, 1.165) is 23.6 Å². The Bertz CT molecular complexity index is 1390. The number of benzene rings is 2. The third-order valence-electron chi connectivity index (χ3n) is 7.54. The Hall–Kier alpha value is -2.96. The summed E-state index contributed by atoms with van der Waals surface area (Å²) < 4.78 is 34.1. The molecule has 11 heteroatoms. The second-order valence-corrected chi connectivity index (χ2v) is 11.8. The van der Waals surface area contributed by atoms with E-state index in [0.29, 0.717) is 31.7 Å². The molecule has 0 N–H and O–H groups in total. The molecule has 2 aromatic carbocycles. The Balaban J connectivity index is 1.17. The van der Waals surface area contributed by atoms with Crippen molar-refractivity contribution in [3.63, 3.8) is 0 Å². The highest BCUT2D eigenvalue weighted by Gasteiger charge is 2.61. The van der Waals surface area contributed by atoms with Gasteiger partial charge in [-0.25, -0.2) is 23.2 Å². The van der Waals surface area contributed by atoms with Crippen molar-refractivity contribution in [3.8, 4) is 0 Å². The average molecular weight is 524 g/mol. The van der Waals surface area contributed by atoms with Crippen molar-refractivity contribution in [2.75, 3.05) is 26.7 Å². The molecule has 3 aliphatic rings.